The second-order valence-electron chi connectivity index (χ2n) is 9.62. The Bertz CT molecular complexity index is 1550. The minimum absolute atomic E-state index is 0.287. The van der Waals surface area contributed by atoms with E-state index in [9.17, 15) is 10.1 Å². The maximum Gasteiger partial charge on any atom is 0.272 e. The van der Waals surface area contributed by atoms with Gasteiger partial charge in [0.15, 0.2) is 0 Å². The summed E-state index contributed by atoms with van der Waals surface area (Å²) in [6, 6.07) is 17.9. The number of benzene rings is 2. The topological polar surface area (TPSA) is 104 Å². The van der Waals surface area contributed by atoms with Gasteiger partial charge in [-0.05, 0) is 68.8 Å². The Morgan fingerprint density at radius 1 is 1.14 bits per heavy atom. The lowest BCUT2D eigenvalue weighted by Crippen LogP contribution is -2.41. The third-order valence-electron chi connectivity index (χ3n) is 6.21. The Labute approximate surface area is 224 Å². The van der Waals surface area contributed by atoms with Gasteiger partial charge in [0.05, 0.1) is 28.4 Å². The van der Waals surface area contributed by atoms with Gasteiger partial charge in [-0.2, -0.15) is 10.4 Å². The van der Waals surface area contributed by atoms with E-state index in [4.69, 9.17) is 32.9 Å². The van der Waals surface area contributed by atoms with E-state index in [-0.39, 0.29) is 11.9 Å². The number of amides is 1. The maximum atomic E-state index is 13.0. The van der Waals surface area contributed by atoms with Crippen LogP contribution in [0, 0.1) is 18.3 Å². The van der Waals surface area contributed by atoms with Crippen LogP contribution in [0.1, 0.15) is 53.6 Å². The largest absolute Gasteiger partial charge is 0.471 e. The zero-order valence-electron chi connectivity index (χ0n) is 20.4. The normalized spacial score (nSPS) is 15.8. The highest BCUT2D eigenvalue weighted by molar-refractivity contribution is 6.33. The van der Waals surface area contributed by atoms with Crippen molar-refractivity contribution in [1.29, 1.82) is 5.26 Å². The van der Waals surface area contributed by atoms with E-state index in [0.29, 0.717) is 44.9 Å². The zero-order valence-corrected chi connectivity index (χ0v) is 21.9. The summed E-state index contributed by atoms with van der Waals surface area (Å²) in [5.74, 6) is 0.123. The van der Waals surface area contributed by atoms with Crippen LogP contribution in [-0.4, -0.2) is 26.7 Å². The number of aromatic amines is 1. The smallest absolute Gasteiger partial charge is 0.272 e. The molecule has 2 aromatic carbocycles. The fraction of sp³-hybridized carbons (Fsp3) is 0.214. The molecule has 2 aromatic heterocycles. The van der Waals surface area contributed by atoms with Crippen molar-refractivity contribution < 1.29 is 9.53 Å². The number of hydrogen-bond donors (Lipinski definition) is 2. The SMILES string of the molecule is Cc1cc(C(=O)N[C@@H]2CC(C)(C)Oc3nc(-c4ccc(C#N)cc4Cl)c(-c4ccc(Cl)cc4)cc32)n[nH]1. The van der Waals surface area contributed by atoms with Crippen molar-refractivity contribution in [3.05, 3.63) is 87.2 Å². The molecule has 9 heteroatoms. The van der Waals surface area contributed by atoms with E-state index in [1.54, 1.807) is 36.4 Å². The van der Waals surface area contributed by atoms with Gasteiger partial charge in [0.1, 0.15) is 11.3 Å². The van der Waals surface area contributed by atoms with Crippen LogP contribution in [0.25, 0.3) is 22.4 Å². The highest BCUT2D eigenvalue weighted by atomic mass is 35.5. The van der Waals surface area contributed by atoms with Crippen molar-refractivity contribution >= 4 is 29.1 Å². The van der Waals surface area contributed by atoms with E-state index < -0.39 is 5.60 Å². The first-order chi connectivity index (χ1) is 17.6. The number of hydrogen-bond acceptors (Lipinski definition) is 5. The van der Waals surface area contributed by atoms with E-state index in [2.05, 4.69) is 21.6 Å². The van der Waals surface area contributed by atoms with Crippen molar-refractivity contribution in [2.45, 2.75) is 38.8 Å². The van der Waals surface area contributed by atoms with Crippen LogP contribution in [0.15, 0.2) is 54.6 Å². The number of carbonyl (C=O) groups is 1. The van der Waals surface area contributed by atoms with Gasteiger partial charge in [0, 0.05) is 33.8 Å². The molecule has 0 aliphatic carbocycles. The Morgan fingerprint density at radius 2 is 1.89 bits per heavy atom. The fourth-order valence-corrected chi connectivity index (χ4v) is 4.87. The van der Waals surface area contributed by atoms with Crippen LogP contribution in [0.5, 0.6) is 5.88 Å². The Kier molecular flexibility index (Phi) is 6.40. The predicted molar refractivity (Wildman–Crippen MR) is 143 cm³/mol. The highest BCUT2D eigenvalue weighted by Gasteiger charge is 2.37. The average Bonchev–Trinajstić information content (AvgIpc) is 3.29. The number of fused-ring (bicyclic) bond motifs is 1. The van der Waals surface area contributed by atoms with Gasteiger partial charge in [-0.25, -0.2) is 4.98 Å². The molecule has 0 radical (unpaired) electrons. The number of nitrogens with zero attached hydrogens (tertiary/aromatic N) is 3. The number of pyridine rings is 1. The van der Waals surface area contributed by atoms with Crippen LogP contribution in [0.3, 0.4) is 0 Å². The van der Waals surface area contributed by atoms with Gasteiger partial charge in [0.2, 0.25) is 5.88 Å². The molecular weight excluding hydrogens is 509 g/mol. The minimum Gasteiger partial charge on any atom is -0.471 e. The summed E-state index contributed by atoms with van der Waals surface area (Å²) >= 11 is 12.8. The highest BCUT2D eigenvalue weighted by Crippen LogP contribution is 2.44. The number of nitriles is 1. The van der Waals surface area contributed by atoms with E-state index >= 15 is 0 Å². The lowest BCUT2D eigenvalue weighted by molar-refractivity contribution is 0.0571. The average molecular weight is 532 g/mol. The molecule has 0 bridgehead atoms. The van der Waals surface area contributed by atoms with Crippen molar-refractivity contribution in [1.82, 2.24) is 20.5 Å². The second kappa shape index (κ2) is 9.55. The molecule has 1 amide bonds. The summed E-state index contributed by atoms with van der Waals surface area (Å²) in [6.07, 6.45) is 0.536. The first-order valence-corrected chi connectivity index (χ1v) is 12.4. The number of nitrogens with one attached hydrogen (secondary N) is 2. The number of aromatic nitrogens is 3. The van der Waals surface area contributed by atoms with Crippen LogP contribution >= 0.6 is 23.2 Å². The standard InChI is InChI=1S/C28H23Cl2N5O2/c1-15-10-23(35-34-15)26(36)32-24-13-28(2,3)37-27-21(24)12-20(17-5-7-18(29)8-6-17)25(33-27)19-9-4-16(14-31)11-22(19)30/h4-12,24H,13H2,1-3H3,(H,32,36)(H,34,35)/t24-/m1/s1. The van der Waals surface area contributed by atoms with E-state index in [0.717, 1.165) is 22.4 Å². The van der Waals surface area contributed by atoms with Crippen LogP contribution < -0.4 is 10.1 Å². The van der Waals surface area contributed by atoms with Gasteiger partial charge < -0.3 is 10.1 Å². The summed E-state index contributed by atoms with van der Waals surface area (Å²) in [5, 5.41) is 20.3. The Morgan fingerprint density at radius 3 is 2.54 bits per heavy atom. The first-order valence-electron chi connectivity index (χ1n) is 11.7. The third kappa shape index (κ3) is 5.04. The molecule has 2 N–H and O–H groups in total. The molecule has 37 heavy (non-hydrogen) atoms. The molecule has 0 spiro atoms. The monoisotopic (exact) mass is 531 g/mol. The second-order valence-corrected chi connectivity index (χ2v) is 10.5. The first kappa shape index (κ1) is 24.8. The van der Waals surface area contributed by atoms with Crippen molar-refractivity contribution in [3.63, 3.8) is 0 Å². The van der Waals surface area contributed by atoms with Crippen LogP contribution in [0.4, 0.5) is 0 Å². The number of carbonyl (C=O) groups excluding carboxylic acids is 1. The summed E-state index contributed by atoms with van der Waals surface area (Å²) in [6.45, 7) is 5.75. The Hall–Kier alpha value is -3.86. The minimum atomic E-state index is -0.590. The molecule has 186 valence electrons. The molecule has 0 saturated carbocycles. The number of halogens is 2. The summed E-state index contributed by atoms with van der Waals surface area (Å²) in [7, 11) is 0. The number of ether oxygens (including phenoxy) is 1. The Balaban J connectivity index is 1.67. The maximum absolute atomic E-state index is 13.0. The molecule has 3 heterocycles. The predicted octanol–water partition coefficient (Wildman–Crippen LogP) is 6.66. The number of rotatable bonds is 4. The van der Waals surface area contributed by atoms with Crippen LogP contribution in [-0.2, 0) is 0 Å². The van der Waals surface area contributed by atoms with Crippen LogP contribution in [0.2, 0.25) is 10.0 Å². The third-order valence-corrected chi connectivity index (χ3v) is 6.78. The zero-order chi connectivity index (χ0) is 26.3. The van der Waals surface area contributed by atoms with Gasteiger partial charge in [-0.3, -0.25) is 9.89 Å². The van der Waals surface area contributed by atoms with Gasteiger partial charge in [-0.15, -0.1) is 0 Å². The molecular formula is C28H23Cl2N5O2. The molecule has 1 aliphatic heterocycles. The van der Waals surface area contributed by atoms with Gasteiger partial charge in [-0.1, -0.05) is 35.3 Å². The van der Waals surface area contributed by atoms with Crippen molar-refractivity contribution in [2.75, 3.05) is 0 Å². The summed E-state index contributed by atoms with van der Waals surface area (Å²) in [5.41, 5.74) is 4.64. The van der Waals surface area contributed by atoms with Gasteiger partial charge >= 0.3 is 0 Å². The molecule has 5 rings (SSSR count). The summed E-state index contributed by atoms with van der Waals surface area (Å²) in [4.78, 5) is 18.0. The van der Waals surface area contributed by atoms with Crippen molar-refractivity contribution in [3.8, 4) is 34.3 Å². The molecule has 7 nitrogen and oxygen atoms in total. The molecule has 0 fully saturated rings. The number of H-pyrrole nitrogens is 1. The molecule has 0 saturated heterocycles. The quantitative estimate of drug-likeness (QED) is 0.306. The molecule has 1 aliphatic rings. The lowest BCUT2D eigenvalue weighted by atomic mass is 9.88. The van der Waals surface area contributed by atoms with Gasteiger partial charge in [0.25, 0.3) is 5.91 Å². The molecule has 0 unspecified atom stereocenters. The number of aryl methyl sites for hydroxylation is 1. The molecule has 4 aromatic rings. The van der Waals surface area contributed by atoms with E-state index in [1.165, 1.54) is 0 Å². The fourth-order valence-electron chi connectivity index (χ4n) is 4.48. The van der Waals surface area contributed by atoms with Crippen molar-refractivity contribution in [2.24, 2.45) is 0 Å². The van der Waals surface area contributed by atoms with E-state index in [1.807, 2.05) is 39.0 Å². The molecule has 1 atom stereocenters. The lowest BCUT2D eigenvalue weighted by Gasteiger charge is -2.37. The summed E-state index contributed by atoms with van der Waals surface area (Å²) < 4.78 is 6.30.